The number of rotatable bonds is 2. The Bertz CT molecular complexity index is 212. The summed E-state index contributed by atoms with van der Waals surface area (Å²) in [6.45, 7) is 2.73. The second-order valence-corrected chi connectivity index (χ2v) is 4.45. The van der Waals surface area contributed by atoms with Crippen molar-refractivity contribution in [2.75, 3.05) is 12.3 Å². The van der Waals surface area contributed by atoms with E-state index >= 15 is 0 Å². The van der Waals surface area contributed by atoms with E-state index in [0.29, 0.717) is 6.04 Å². The van der Waals surface area contributed by atoms with E-state index in [1.165, 1.54) is 0 Å². The molecule has 1 aliphatic rings. The van der Waals surface area contributed by atoms with Gasteiger partial charge in [0.1, 0.15) is 0 Å². The van der Waals surface area contributed by atoms with Crippen LogP contribution in [-0.2, 0) is 10.0 Å². The van der Waals surface area contributed by atoms with E-state index in [0.717, 1.165) is 6.54 Å². The Morgan fingerprint density at radius 1 is 1.70 bits per heavy atom. The fourth-order valence-corrected chi connectivity index (χ4v) is 2.03. The van der Waals surface area contributed by atoms with Crippen molar-refractivity contribution in [3.05, 3.63) is 0 Å². The maximum atomic E-state index is 10.5. The smallest absolute Gasteiger partial charge is 0.209 e. The van der Waals surface area contributed by atoms with E-state index < -0.39 is 10.0 Å². The minimum absolute atomic E-state index is 0.112. The summed E-state index contributed by atoms with van der Waals surface area (Å²) >= 11 is 0. The molecule has 0 bridgehead atoms. The van der Waals surface area contributed by atoms with Crippen molar-refractivity contribution in [3.63, 3.8) is 0 Å². The fourth-order valence-electron chi connectivity index (χ4n) is 1.02. The minimum atomic E-state index is -3.26. The van der Waals surface area contributed by atoms with Crippen LogP contribution in [0.1, 0.15) is 6.92 Å². The zero-order chi connectivity index (χ0) is 7.78. The zero-order valence-corrected chi connectivity index (χ0v) is 6.69. The van der Waals surface area contributed by atoms with Gasteiger partial charge in [-0.15, -0.1) is 0 Å². The SMILES string of the molecule is C[C@H]1NC[C@H]1CS(N)(=O)=O. The van der Waals surface area contributed by atoms with Gasteiger partial charge in [-0.05, 0) is 6.92 Å². The molecular weight excluding hydrogens is 152 g/mol. The van der Waals surface area contributed by atoms with Crippen LogP contribution in [-0.4, -0.2) is 26.8 Å². The van der Waals surface area contributed by atoms with Gasteiger partial charge < -0.3 is 5.32 Å². The van der Waals surface area contributed by atoms with Gasteiger partial charge in [0, 0.05) is 18.5 Å². The van der Waals surface area contributed by atoms with Crippen LogP contribution < -0.4 is 10.5 Å². The first kappa shape index (κ1) is 7.97. The van der Waals surface area contributed by atoms with Gasteiger partial charge in [0.25, 0.3) is 0 Å². The molecule has 0 aliphatic carbocycles. The van der Waals surface area contributed by atoms with Gasteiger partial charge >= 0.3 is 0 Å². The molecule has 1 aliphatic heterocycles. The largest absolute Gasteiger partial charge is 0.314 e. The van der Waals surface area contributed by atoms with Crippen molar-refractivity contribution in [3.8, 4) is 0 Å². The molecule has 1 rings (SSSR count). The summed E-state index contributed by atoms with van der Waals surface area (Å²) in [6.07, 6.45) is 0. The number of nitrogens with one attached hydrogen (secondary N) is 1. The highest BCUT2D eigenvalue weighted by atomic mass is 32.2. The quantitative estimate of drug-likeness (QED) is 0.543. The lowest BCUT2D eigenvalue weighted by atomic mass is 9.96. The molecule has 0 unspecified atom stereocenters. The first-order chi connectivity index (χ1) is 4.49. The summed E-state index contributed by atoms with van der Waals surface area (Å²) in [7, 11) is -3.26. The molecule has 0 aromatic rings. The number of primary sulfonamides is 1. The van der Waals surface area contributed by atoms with Crippen LogP contribution in [0.15, 0.2) is 0 Å². The lowest BCUT2D eigenvalue weighted by molar-refractivity contribution is 0.276. The van der Waals surface area contributed by atoms with Crippen LogP contribution in [0.3, 0.4) is 0 Å². The molecule has 0 aromatic carbocycles. The standard InChI is InChI=1S/C5H12N2O2S/c1-4-5(2-7-4)3-10(6,8)9/h4-5,7H,2-3H2,1H3,(H2,6,8,9)/t4-,5+/m1/s1. The van der Waals surface area contributed by atoms with Crippen LogP contribution in [0.25, 0.3) is 0 Å². The van der Waals surface area contributed by atoms with Crippen LogP contribution >= 0.6 is 0 Å². The Morgan fingerprint density at radius 3 is 2.40 bits per heavy atom. The Hall–Kier alpha value is -0.130. The second kappa shape index (κ2) is 2.48. The van der Waals surface area contributed by atoms with Crippen molar-refractivity contribution in [2.45, 2.75) is 13.0 Å². The molecule has 0 radical (unpaired) electrons. The molecule has 0 amide bonds. The Balaban J connectivity index is 2.40. The van der Waals surface area contributed by atoms with Crippen LogP contribution in [0.4, 0.5) is 0 Å². The summed E-state index contributed by atoms with van der Waals surface area (Å²) in [5.41, 5.74) is 0. The lowest BCUT2D eigenvalue weighted by Crippen LogP contribution is -2.54. The van der Waals surface area contributed by atoms with E-state index in [9.17, 15) is 8.42 Å². The molecule has 5 heteroatoms. The zero-order valence-electron chi connectivity index (χ0n) is 5.87. The van der Waals surface area contributed by atoms with Crippen molar-refractivity contribution < 1.29 is 8.42 Å². The van der Waals surface area contributed by atoms with Crippen molar-refractivity contribution in [2.24, 2.45) is 11.1 Å². The summed E-state index contributed by atoms with van der Waals surface area (Å²) in [5, 5.41) is 7.91. The predicted molar refractivity (Wildman–Crippen MR) is 38.9 cm³/mol. The molecule has 0 spiro atoms. The molecule has 1 heterocycles. The lowest BCUT2D eigenvalue weighted by Gasteiger charge is -2.34. The van der Waals surface area contributed by atoms with E-state index in [2.05, 4.69) is 5.32 Å². The van der Waals surface area contributed by atoms with E-state index in [1.54, 1.807) is 0 Å². The van der Waals surface area contributed by atoms with E-state index in [1.807, 2.05) is 6.92 Å². The predicted octanol–water partition coefficient (Wildman–Crippen LogP) is -1.12. The van der Waals surface area contributed by atoms with Gasteiger partial charge in [-0.25, -0.2) is 13.6 Å². The topological polar surface area (TPSA) is 72.2 Å². The first-order valence-corrected chi connectivity index (χ1v) is 4.94. The Morgan fingerprint density at radius 2 is 2.30 bits per heavy atom. The van der Waals surface area contributed by atoms with Crippen LogP contribution in [0.2, 0.25) is 0 Å². The molecule has 1 saturated heterocycles. The molecule has 3 N–H and O–H groups in total. The summed E-state index contributed by atoms with van der Waals surface area (Å²) in [5.74, 6) is 0.330. The van der Waals surface area contributed by atoms with Gasteiger partial charge in [0.2, 0.25) is 10.0 Å². The average molecular weight is 164 g/mol. The molecule has 0 saturated carbocycles. The number of hydrogen-bond donors (Lipinski definition) is 2. The van der Waals surface area contributed by atoms with Crippen molar-refractivity contribution >= 4 is 10.0 Å². The van der Waals surface area contributed by atoms with Crippen LogP contribution in [0, 0.1) is 5.92 Å². The molecule has 60 valence electrons. The first-order valence-electron chi connectivity index (χ1n) is 3.23. The Labute approximate surface area is 60.8 Å². The van der Waals surface area contributed by atoms with Gasteiger partial charge in [-0.1, -0.05) is 0 Å². The van der Waals surface area contributed by atoms with E-state index in [-0.39, 0.29) is 11.7 Å². The molecule has 1 fully saturated rings. The number of hydrogen-bond acceptors (Lipinski definition) is 3. The normalized spacial score (nSPS) is 33.4. The summed E-state index contributed by atoms with van der Waals surface area (Å²) in [6, 6.07) is 0.304. The van der Waals surface area contributed by atoms with Gasteiger partial charge in [-0.2, -0.15) is 0 Å². The van der Waals surface area contributed by atoms with Gasteiger partial charge in [0.15, 0.2) is 0 Å². The second-order valence-electron chi connectivity index (χ2n) is 2.79. The minimum Gasteiger partial charge on any atom is -0.314 e. The van der Waals surface area contributed by atoms with Crippen molar-refractivity contribution in [1.82, 2.24) is 5.32 Å². The third-order valence-corrected chi connectivity index (χ3v) is 2.75. The monoisotopic (exact) mass is 164 g/mol. The molecule has 4 nitrogen and oxygen atoms in total. The molecule has 0 aromatic heterocycles. The highest BCUT2D eigenvalue weighted by molar-refractivity contribution is 7.89. The molecular formula is C5H12N2O2S. The Kier molecular flexibility index (Phi) is 1.98. The fraction of sp³-hybridized carbons (Fsp3) is 1.00. The molecule has 10 heavy (non-hydrogen) atoms. The molecule has 2 atom stereocenters. The average Bonchev–Trinajstić information content (AvgIpc) is 1.78. The summed E-state index contributed by atoms with van der Waals surface area (Å²) in [4.78, 5) is 0. The maximum absolute atomic E-state index is 10.5. The van der Waals surface area contributed by atoms with Crippen molar-refractivity contribution in [1.29, 1.82) is 0 Å². The number of nitrogens with two attached hydrogens (primary N) is 1. The van der Waals surface area contributed by atoms with E-state index in [4.69, 9.17) is 5.14 Å². The third-order valence-electron chi connectivity index (χ3n) is 1.86. The third kappa shape index (κ3) is 1.93. The van der Waals surface area contributed by atoms with Gasteiger partial charge in [-0.3, -0.25) is 0 Å². The maximum Gasteiger partial charge on any atom is 0.209 e. The summed E-state index contributed by atoms with van der Waals surface area (Å²) < 4.78 is 21.1. The van der Waals surface area contributed by atoms with Crippen LogP contribution in [0.5, 0.6) is 0 Å². The van der Waals surface area contributed by atoms with Gasteiger partial charge in [0.05, 0.1) is 5.75 Å². The number of sulfonamides is 1. The highest BCUT2D eigenvalue weighted by Gasteiger charge is 2.29. The highest BCUT2D eigenvalue weighted by Crippen LogP contribution is 2.12.